The second-order valence-corrected chi connectivity index (χ2v) is 4.26. The van der Waals surface area contributed by atoms with Crippen molar-refractivity contribution in [3.8, 4) is 11.8 Å². The van der Waals surface area contributed by atoms with E-state index in [1.165, 1.54) is 25.5 Å². The molecule has 0 aliphatic heterocycles. The fourth-order valence-corrected chi connectivity index (χ4v) is 1.98. The topological polar surface area (TPSA) is 26.3 Å². The van der Waals surface area contributed by atoms with Gasteiger partial charge in [0.1, 0.15) is 0 Å². The van der Waals surface area contributed by atoms with Gasteiger partial charge in [-0.25, -0.2) is 4.79 Å². The van der Waals surface area contributed by atoms with Crippen LogP contribution in [0.4, 0.5) is 0 Å². The third-order valence-electron chi connectivity index (χ3n) is 2.98. The van der Waals surface area contributed by atoms with Gasteiger partial charge in [-0.2, -0.15) is 0 Å². The highest BCUT2D eigenvalue weighted by atomic mass is 16.5. The first kappa shape index (κ1) is 12.4. The molecule has 92 valence electrons. The van der Waals surface area contributed by atoms with Gasteiger partial charge in [0.05, 0.1) is 12.7 Å². The fraction of sp³-hybridized carbons (Fsp3) is 0.312. The van der Waals surface area contributed by atoms with Crippen LogP contribution in [0.3, 0.4) is 0 Å². The van der Waals surface area contributed by atoms with E-state index in [0.29, 0.717) is 5.56 Å². The molecule has 0 saturated carbocycles. The van der Waals surface area contributed by atoms with Crippen LogP contribution < -0.4 is 0 Å². The summed E-state index contributed by atoms with van der Waals surface area (Å²) in [4.78, 5) is 11.6. The average molecular weight is 240 g/mol. The van der Waals surface area contributed by atoms with Crippen molar-refractivity contribution >= 4 is 5.97 Å². The molecule has 0 unspecified atom stereocenters. The van der Waals surface area contributed by atoms with Crippen LogP contribution >= 0.6 is 0 Å². The number of methoxy groups -OCH3 is 1. The molecule has 18 heavy (non-hydrogen) atoms. The maximum absolute atomic E-state index is 11.6. The molecule has 0 bridgehead atoms. The Morgan fingerprint density at radius 2 is 2.06 bits per heavy atom. The summed E-state index contributed by atoms with van der Waals surface area (Å²) < 4.78 is 4.75. The molecule has 0 saturated heterocycles. The number of rotatable bonds is 1. The molecule has 2 heteroatoms. The minimum atomic E-state index is -0.336. The molecule has 0 atom stereocenters. The third-order valence-corrected chi connectivity index (χ3v) is 2.98. The predicted molar refractivity (Wildman–Crippen MR) is 71.2 cm³/mol. The number of carbonyl (C=O) groups is 1. The zero-order chi connectivity index (χ0) is 12.8. The normalized spacial score (nSPS) is 14.2. The first-order valence-corrected chi connectivity index (χ1v) is 6.19. The molecule has 1 aliphatic rings. The van der Waals surface area contributed by atoms with Crippen LogP contribution in [0.25, 0.3) is 0 Å². The van der Waals surface area contributed by atoms with Gasteiger partial charge in [0.2, 0.25) is 0 Å². The van der Waals surface area contributed by atoms with E-state index in [1.54, 1.807) is 6.07 Å². The van der Waals surface area contributed by atoms with Gasteiger partial charge in [-0.3, -0.25) is 0 Å². The highest BCUT2D eigenvalue weighted by Gasteiger charge is 2.09. The quantitative estimate of drug-likeness (QED) is 0.556. The Kier molecular flexibility index (Phi) is 4.20. The van der Waals surface area contributed by atoms with Crippen LogP contribution in [-0.4, -0.2) is 13.1 Å². The van der Waals surface area contributed by atoms with Crippen molar-refractivity contribution in [2.45, 2.75) is 25.7 Å². The Morgan fingerprint density at radius 3 is 2.78 bits per heavy atom. The fourth-order valence-electron chi connectivity index (χ4n) is 1.98. The molecule has 1 aromatic carbocycles. The number of carbonyl (C=O) groups excluding carboxylic acids is 1. The minimum absolute atomic E-state index is 0.336. The van der Waals surface area contributed by atoms with Crippen LogP contribution in [0.2, 0.25) is 0 Å². The number of hydrogen-bond acceptors (Lipinski definition) is 2. The summed E-state index contributed by atoms with van der Waals surface area (Å²) in [5.74, 6) is 5.90. The molecular formula is C16H16O2. The summed E-state index contributed by atoms with van der Waals surface area (Å²) in [5.41, 5.74) is 2.45. The molecular weight excluding hydrogens is 224 g/mol. The Morgan fingerprint density at radius 1 is 1.22 bits per heavy atom. The number of allylic oxidation sites excluding steroid dienone is 2. The van der Waals surface area contributed by atoms with Gasteiger partial charge in [0.15, 0.2) is 0 Å². The van der Waals surface area contributed by atoms with E-state index in [-0.39, 0.29) is 5.97 Å². The molecule has 0 amide bonds. The first-order chi connectivity index (χ1) is 8.81. The molecule has 0 aromatic heterocycles. The van der Waals surface area contributed by atoms with E-state index >= 15 is 0 Å². The van der Waals surface area contributed by atoms with Crippen molar-refractivity contribution in [1.82, 2.24) is 0 Å². The molecule has 0 fully saturated rings. The highest BCUT2D eigenvalue weighted by Crippen LogP contribution is 2.17. The largest absolute Gasteiger partial charge is 0.465 e. The lowest BCUT2D eigenvalue weighted by atomic mass is 9.99. The lowest BCUT2D eigenvalue weighted by Gasteiger charge is -2.06. The zero-order valence-corrected chi connectivity index (χ0v) is 10.5. The third kappa shape index (κ3) is 3.01. The van der Waals surface area contributed by atoms with Gasteiger partial charge in [-0.05, 0) is 43.4 Å². The monoisotopic (exact) mass is 240 g/mol. The van der Waals surface area contributed by atoms with Crippen LogP contribution in [0.15, 0.2) is 35.9 Å². The van der Waals surface area contributed by atoms with Crippen molar-refractivity contribution in [1.29, 1.82) is 0 Å². The van der Waals surface area contributed by atoms with E-state index < -0.39 is 0 Å². The van der Waals surface area contributed by atoms with Crippen LogP contribution in [-0.2, 0) is 4.74 Å². The Labute approximate surface area is 108 Å². The molecule has 2 nitrogen and oxygen atoms in total. The first-order valence-electron chi connectivity index (χ1n) is 6.19. The number of hydrogen-bond donors (Lipinski definition) is 0. The maximum Gasteiger partial charge on any atom is 0.339 e. The van der Waals surface area contributed by atoms with Crippen molar-refractivity contribution < 1.29 is 9.53 Å². The van der Waals surface area contributed by atoms with E-state index in [4.69, 9.17) is 4.74 Å². The number of esters is 1. The molecule has 1 aromatic rings. The van der Waals surface area contributed by atoms with Gasteiger partial charge < -0.3 is 4.74 Å². The van der Waals surface area contributed by atoms with Crippen LogP contribution in [0.5, 0.6) is 0 Å². The Balaban J connectivity index is 2.26. The summed E-state index contributed by atoms with van der Waals surface area (Å²) in [5, 5.41) is 0. The number of ether oxygens (including phenoxy) is 1. The minimum Gasteiger partial charge on any atom is -0.465 e. The van der Waals surface area contributed by atoms with Crippen molar-refractivity contribution in [2.24, 2.45) is 0 Å². The predicted octanol–water partition coefficient (Wildman–Crippen LogP) is 3.33. The summed E-state index contributed by atoms with van der Waals surface area (Å²) >= 11 is 0. The maximum atomic E-state index is 11.6. The van der Waals surface area contributed by atoms with Gasteiger partial charge in [-0.15, -0.1) is 0 Å². The lowest BCUT2D eigenvalue weighted by Crippen LogP contribution is -2.03. The molecule has 0 N–H and O–H groups in total. The van der Waals surface area contributed by atoms with Gasteiger partial charge in [-0.1, -0.05) is 30.0 Å². The van der Waals surface area contributed by atoms with Crippen molar-refractivity contribution in [3.63, 3.8) is 0 Å². The summed E-state index contributed by atoms with van der Waals surface area (Å²) in [6.07, 6.45) is 6.82. The SMILES string of the molecule is COC(=O)c1ccccc1C#CC1=CCCCC1. The lowest BCUT2D eigenvalue weighted by molar-refractivity contribution is 0.0600. The zero-order valence-electron chi connectivity index (χ0n) is 10.5. The standard InChI is InChI=1S/C16H16O2/c1-18-16(17)15-10-6-5-9-14(15)12-11-13-7-3-2-4-8-13/h5-7,9-10H,2-4,8H2,1H3. The molecule has 2 rings (SSSR count). The summed E-state index contributed by atoms with van der Waals surface area (Å²) in [6.45, 7) is 0. The summed E-state index contributed by atoms with van der Waals surface area (Å²) in [6, 6.07) is 7.29. The Hall–Kier alpha value is -2.01. The highest BCUT2D eigenvalue weighted by molar-refractivity contribution is 5.92. The van der Waals surface area contributed by atoms with Crippen molar-refractivity contribution in [2.75, 3.05) is 7.11 Å². The second-order valence-electron chi connectivity index (χ2n) is 4.26. The van der Waals surface area contributed by atoms with Crippen LogP contribution in [0.1, 0.15) is 41.6 Å². The van der Waals surface area contributed by atoms with Crippen LogP contribution in [0, 0.1) is 11.8 Å². The van der Waals surface area contributed by atoms with E-state index in [2.05, 4.69) is 17.9 Å². The molecule has 1 aliphatic carbocycles. The smallest absolute Gasteiger partial charge is 0.339 e. The van der Waals surface area contributed by atoms with E-state index in [1.807, 2.05) is 18.2 Å². The average Bonchev–Trinajstić information content (AvgIpc) is 2.45. The summed E-state index contributed by atoms with van der Waals surface area (Å²) in [7, 11) is 1.39. The van der Waals surface area contributed by atoms with Gasteiger partial charge in [0.25, 0.3) is 0 Å². The van der Waals surface area contributed by atoms with Crippen molar-refractivity contribution in [3.05, 3.63) is 47.0 Å². The molecule has 0 spiro atoms. The van der Waals surface area contributed by atoms with E-state index in [9.17, 15) is 4.79 Å². The number of benzene rings is 1. The molecule has 0 heterocycles. The Bertz CT molecular complexity index is 530. The second kappa shape index (κ2) is 6.07. The molecule has 0 radical (unpaired) electrons. The van der Waals surface area contributed by atoms with Gasteiger partial charge in [0, 0.05) is 5.56 Å². The van der Waals surface area contributed by atoms with E-state index in [0.717, 1.165) is 18.4 Å². The van der Waals surface area contributed by atoms with Gasteiger partial charge >= 0.3 is 5.97 Å².